The molecule has 0 N–H and O–H groups in total. The molecular weight excluding hydrogens is 136 g/mol. The quantitative estimate of drug-likeness (QED) is 0.553. The number of rotatable bonds is 5. The van der Waals surface area contributed by atoms with Crippen LogP contribution in [0.4, 0.5) is 0 Å². The maximum Gasteiger partial charge on any atom is 0.0519 e. The van der Waals surface area contributed by atoms with E-state index < -0.39 is 0 Å². The van der Waals surface area contributed by atoms with Crippen LogP contribution in [0.15, 0.2) is 24.3 Å². The third kappa shape index (κ3) is 5.86. The van der Waals surface area contributed by atoms with Crippen molar-refractivity contribution in [1.82, 2.24) is 0 Å². The van der Waals surface area contributed by atoms with Crippen LogP contribution >= 0.6 is 0 Å². The predicted molar refractivity (Wildman–Crippen MR) is 49.7 cm³/mol. The SMILES string of the molecule is C=C/C(=C\C)CCOC(C)C. The second-order valence-corrected chi connectivity index (χ2v) is 2.74. The Bertz CT molecular complexity index is 134. The molecule has 64 valence electrons. The molecule has 0 saturated carbocycles. The van der Waals surface area contributed by atoms with Gasteiger partial charge in [-0.05, 0) is 27.2 Å². The summed E-state index contributed by atoms with van der Waals surface area (Å²) in [6, 6.07) is 0. The van der Waals surface area contributed by atoms with Crippen LogP contribution in [-0.2, 0) is 4.74 Å². The van der Waals surface area contributed by atoms with E-state index in [0.717, 1.165) is 13.0 Å². The lowest BCUT2D eigenvalue weighted by Gasteiger charge is -2.06. The van der Waals surface area contributed by atoms with Gasteiger partial charge in [-0.2, -0.15) is 0 Å². The molecule has 1 heteroatoms. The highest BCUT2D eigenvalue weighted by molar-refractivity contribution is 5.14. The maximum atomic E-state index is 5.39. The fourth-order valence-electron chi connectivity index (χ4n) is 0.777. The van der Waals surface area contributed by atoms with Crippen LogP contribution in [0.1, 0.15) is 27.2 Å². The molecule has 0 rings (SSSR count). The summed E-state index contributed by atoms with van der Waals surface area (Å²) in [4.78, 5) is 0. The molecule has 1 nitrogen and oxygen atoms in total. The highest BCUT2D eigenvalue weighted by Crippen LogP contribution is 2.02. The molecule has 0 bridgehead atoms. The maximum absolute atomic E-state index is 5.39. The Labute approximate surface area is 69.8 Å². The largest absolute Gasteiger partial charge is 0.378 e. The first kappa shape index (κ1) is 10.4. The summed E-state index contributed by atoms with van der Waals surface area (Å²) in [5.74, 6) is 0. The lowest BCUT2D eigenvalue weighted by molar-refractivity contribution is 0.0817. The summed E-state index contributed by atoms with van der Waals surface area (Å²) in [7, 11) is 0. The van der Waals surface area contributed by atoms with E-state index in [4.69, 9.17) is 4.74 Å². The van der Waals surface area contributed by atoms with Gasteiger partial charge in [0.2, 0.25) is 0 Å². The summed E-state index contributed by atoms with van der Waals surface area (Å²) in [5, 5.41) is 0. The average Bonchev–Trinajstić information content (AvgIpc) is 1.98. The molecule has 0 aliphatic rings. The molecule has 0 spiro atoms. The van der Waals surface area contributed by atoms with Crippen LogP contribution < -0.4 is 0 Å². The molecule has 0 aliphatic heterocycles. The Morgan fingerprint density at radius 2 is 2.18 bits per heavy atom. The van der Waals surface area contributed by atoms with E-state index in [0.29, 0.717) is 6.10 Å². The number of allylic oxidation sites excluding steroid dienone is 2. The van der Waals surface area contributed by atoms with Crippen molar-refractivity contribution in [2.75, 3.05) is 6.61 Å². The van der Waals surface area contributed by atoms with Crippen molar-refractivity contribution < 1.29 is 4.74 Å². The topological polar surface area (TPSA) is 9.23 Å². The van der Waals surface area contributed by atoms with Gasteiger partial charge < -0.3 is 4.74 Å². The molecule has 0 aromatic carbocycles. The van der Waals surface area contributed by atoms with Gasteiger partial charge in [0.1, 0.15) is 0 Å². The molecule has 0 fully saturated rings. The highest BCUT2D eigenvalue weighted by atomic mass is 16.5. The summed E-state index contributed by atoms with van der Waals surface area (Å²) in [5.41, 5.74) is 1.26. The zero-order valence-electron chi connectivity index (χ0n) is 7.76. The van der Waals surface area contributed by atoms with Crippen LogP contribution in [-0.4, -0.2) is 12.7 Å². The zero-order valence-corrected chi connectivity index (χ0v) is 7.76. The van der Waals surface area contributed by atoms with Crippen LogP contribution in [0.2, 0.25) is 0 Å². The van der Waals surface area contributed by atoms with E-state index in [1.807, 2.05) is 26.8 Å². The van der Waals surface area contributed by atoms with Crippen LogP contribution in [0.25, 0.3) is 0 Å². The van der Waals surface area contributed by atoms with Crippen molar-refractivity contribution >= 4 is 0 Å². The minimum absolute atomic E-state index is 0.331. The first-order valence-corrected chi connectivity index (χ1v) is 4.10. The van der Waals surface area contributed by atoms with E-state index in [1.165, 1.54) is 5.57 Å². The molecule has 11 heavy (non-hydrogen) atoms. The molecule has 0 atom stereocenters. The zero-order chi connectivity index (χ0) is 8.69. The fourth-order valence-corrected chi connectivity index (χ4v) is 0.777. The fraction of sp³-hybridized carbons (Fsp3) is 0.600. The smallest absolute Gasteiger partial charge is 0.0519 e. The Balaban J connectivity index is 3.45. The van der Waals surface area contributed by atoms with Crippen LogP contribution in [0.3, 0.4) is 0 Å². The lowest BCUT2D eigenvalue weighted by atomic mass is 10.2. The first-order chi connectivity index (χ1) is 5.20. The van der Waals surface area contributed by atoms with E-state index in [9.17, 15) is 0 Å². The Morgan fingerprint density at radius 1 is 1.55 bits per heavy atom. The first-order valence-electron chi connectivity index (χ1n) is 4.10. The standard InChI is InChI=1S/C10H18O/c1-5-10(6-2)7-8-11-9(3)4/h5-6,9H,1,7-8H2,2-4H3/b10-6+. The summed E-state index contributed by atoms with van der Waals surface area (Å²) >= 11 is 0. The molecule has 0 amide bonds. The van der Waals surface area contributed by atoms with Crippen molar-refractivity contribution in [3.05, 3.63) is 24.3 Å². The van der Waals surface area contributed by atoms with Gasteiger partial charge in [0.15, 0.2) is 0 Å². The molecule has 0 heterocycles. The minimum Gasteiger partial charge on any atom is -0.378 e. The minimum atomic E-state index is 0.331. The van der Waals surface area contributed by atoms with Gasteiger partial charge in [-0.1, -0.05) is 24.3 Å². The molecule has 0 unspecified atom stereocenters. The predicted octanol–water partition coefficient (Wildman–Crippen LogP) is 2.93. The normalized spacial score (nSPS) is 12.2. The number of hydrogen-bond acceptors (Lipinski definition) is 1. The van der Waals surface area contributed by atoms with Gasteiger partial charge in [-0.3, -0.25) is 0 Å². The number of ether oxygens (including phenoxy) is 1. The molecule has 0 saturated heterocycles. The monoisotopic (exact) mass is 154 g/mol. The molecule has 0 aromatic heterocycles. The third-order valence-corrected chi connectivity index (χ3v) is 1.47. The third-order valence-electron chi connectivity index (χ3n) is 1.47. The summed E-state index contributed by atoms with van der Waals surface area (Å²) in [6.07, 6.45) is 5.25. The van der Waals surface area contributed by atoms with Crippen molar-refractivity contribution in [2.24, 2.45) is 0 Å². The van der Waals surface area contributed by atoms with Crippen molar-refractivity contribution in [1.29, 1.82) is 0 Å². The second-order valence-electron chi connectivity index (χ2n) is 2.74. The molecule has 0 aliphatic carbocycles. The van der Waals surface area contributed by atoms with E-state index >= 15 is 0 Å². The van der Waals surface area contributed by atoms with Gasteiger partial charge in [0.25, 0.3) is 0 Å². The van der Waals surface area contributed by atoms with Gasteiger partial charge in [0, 0.05) is 0 Å². The van der Waals surface area contributed by atoms with Gasteiger partial charge in [0.05, 0.1) is 12.7 Å². The Morgan fingerprint density at radius 3 is 2.55 bits per heavy atom. The molecule has 0 radical (unpaired) electrons. The Kier molecular flexibility index (Phi) is 5.86. The summed E-state index contributed by atoms with van der Waals surface area (Å²) in [6.45, 7) is 10.6. The second kappa shape index (κ2) is 6.17. The lowest BCUT2D eigenvalue weighted by Crippen LogP contribution is -2.03. The highest BCUT2D eigenvalue weighted by Gasteiger charge is 1.93. The van der Waals surface area contributed by atoms with Crippen LogP contribution in [0.5, 0.6) is 0 Å². The van der Waals surface area contributed by atoms with E-state index in [2.05, 4.69) is 12.7 Å². The number of hydrogen-bond donors (Lipinski definition) is 0. The molecule has 0 aromatic rings. The summed E-state index contributed by atoms with van der Waals surface area (Å²) < 4.78 is 5.39. The van der Waals surface area contributed by atoms with Crippen molar-refractivity contribution in [3.8, 4) is 0 Å². The van der Waals surface area contributed by atoms with Crippen molar-refractivity contribution in [3.63, 3.8) is 0 Å². The van der Waals surface area contributed by atoms with Crippen LogP contribution in [0, 0.1) is 0 Å². The van der Waals surface area contributed by atoms with E-state index in [-0.39, 0.29) is 0 Å². The van der Waals surface area contributed by atoms with Gasteiger partial charge in [-0.25, -0.2) is 0 Å². The van der Waals surface area contributed by atoms with E-state index in [1.54, 1.807) is 0 Å². The Hall–Kier alpha value is -0.560. The van der Waals surface area contributed by atoms with Gasteiger partial charge in [-0.15, -0.1) is 0 Å². The molecular formula is C10H18O. The van der Waals surface area contributed by atoms with Crippen molar-refractivity contribution in [2.45, 2.75) is 33.3 Å². The van der Waals surface area contributed by atoms with Gasteiger partial charge >= 0.3 is 0 Å². The average molecular weight is 154 g/mol.